The molecular formula is C16H19FN2O. The second-order valence-electron chi connectivity index (χ2n) is 4.71. The molecule has 1 aromatic carbocycles. The third-order valence-electron chi connectivity index (χ3n) is 3.11. The smallest absolute Gasteiger partial charge is 0.141 e. The molecule has 0 saturated carbocycles. The summed E-state index contributed by atoms with van der Waals surface area (Å²) in [4.78, 5) is 3.87. The minimum atomic E-state index is -0.320. The molecule has 0 spiro atoms. The van der Waals surface area contributed by atoms with Crippen LogP contribution < -0.4 is 10.1 Å². The number of anilines is 1. The number of hydrogen-bond acceptors (Lipinski definition) is 3. The van der Waals surface area contributed by atoms with E-state index in [1.807, 2.05) is 39.0 Å². The molecule has 0 amide bonds. The fourth-order valence-corrected chi connectivity index (χ4v) is 2.04. The first-order valence-electron chi connectivity index (χ1n) is 6.70. The lowest BCUT2D eigenvalue weighted by Crippen LogP contribution is -2.08. The summed E-state index contributed by atoms with van der Waals surface area (Å²) in [7, 11) is 0. The Kier molecular flexibility index (Phi) is 4.56. The molecule has 106 valence electrons. The standard InChI is InChI=1S/C16H19FN2O/c1-4-20-15-5-6-16(11(2)7-15)19-12(3)13-8-14(17)10-18-9-13/h5-10,12,19H,4H2,1-3H3. The van der Waals surface area contributed by atoms with Crippen molar-refractivity contribution in [2.24, 2.45) is 0 Å². The van der Waals surface area contributed by atoms with E-state index in [4.69, 9.17) is 4.74 Å². The summed E-state index contributed by atoms with van der Waals surface area (Å²) in [6, 6.07) is 7.37. The van der Waals surface area contributed by atoms with Crippen LogP contribution >= 0.6 is 0 Å². The third-order valence-corrected chi connectivity index (χ3v) is 3.11. The van der Waals surface area contributed by atoms with Crippen molar-refractivity contribution in [2.75, 3.05) is 11.9 Å². The zero-order valence-electron chi connectivity index (χ0n) is 12.0. The Morgan fingerprint density at radius 3 is 2.75 bits per heavy atom. The van der Waals surface area contributed by atoms with Gasteiger partial charge in [0.25, 0.3) is 0 Å². The minimum absolute atomic E-state index is 0.0187. The molecule has 4 heteroatoms. The number of pyridine rings is 1. The molecule has 0 aliphatic rings. The molecular weight excluding hydrogens is 255 g/mol. The first-order chi connectivity index (χ1) is 9.60. The van der Waals surface area contributed by atoms with E-state index in [0.29, 0.717) is 6.61 Å². The van der Waals surface area contributed by atoms with Gasteiger partial charge in [-0.2, -0.15) is 0 Å². The monoisotopic (exact) mass is 274 g/mol. The summed E-state index contributed by atoms with van der Waals surface area (Å²) >= 11 is 0. The van der Waals surface area contributed by atoms with Crippen LogP contribution in [0, 0.1) is 12.7 Å². The Bertz CT molecular complexity index is 586. The van der Waals surface area contributed by atoms with E-state index >= 15 is 0 Å². The third kappa shape index (κ3) is 3.47. The van der Waals surface area contributed by atoms with Crippen molar-refractivity contribution in [3.63, 3.8) is 0 Å². The molecule has 1 atom stereocenters. The molecule has 0 bridgehead atoms. The number of halogens is 1. The molecule has 1 unspecified atom stereocenters. The summed E-state index contributed by atoms with van der Waals surface area (Å²) in [6.45, 7) is 6.60. The highest BCUT2D eigenvalue weighted by molar-refractivity contribution is 5.54. The van der Waals surface area contributed by atoms with E-state index < -0.39 is 0 Å². The molecule has 3 nitrogen and oxygen atoms in total. The molecule has 0 radical (unpaired) electrons. The van der Waals surface area contributed by atoms with Gasteiger partial charge in [0.05, 0.1) is 18.8 Å². The van der Waals surface area contributed by atoms with E-state index in [-0.39, 0.29) is 11.9 Å². The maximum atomic E-state index is 13.2. The zero-order chi connectivity index (χ0) is 14.5. The second kappa shape index (κ2) is 6.37. The normalized spacial score (nSPS) is 12.0. The summed E-state index contributed by atoms with van der Waals surface area (Å²) in [5, 5.41) is 3.36. The lowest BCUT2D eigenvalue weighted by atomic mass is 10.1. The van der Waals surface area contributed by atoms with Crippen molar-refractivity contribution >= 4 is 5.69 Å². The van der Waals surface area contributed by atoms with Crippen molar-refractivity contribution in [2.45, 2.75) is 26.8 Å². The number of aryl methyl sites for hydroxylation is 1. The SMILES string of the molecule is CCOc1ccc(NC(C)c2cncc(F)c2)c(C)c1. The van der Waals surface area contributed by atoms with E-state index in [1.165, 1.54) is 12.3 Å². The van der Waals surface area contributed by atoms with Crippen LogP contribution in [0.25, 0.3) is 0 Å². The Balaban J connectivity index is 2.13. The van der Waals surface area contributed by atoms with Crippen LogP contribution in [0.2, 0.25) is 0 Å². The molecule has 1 N–H and O–H groups in total. The van der Waals surface area contributed by atoms with Gasteiger partial charge in [-0.25, -0.2) is 4.39 Å². The first-order valence-corrected chi connectivity index (χ1v) is 6.70. The van der Waals surface area contributed by atoms with Gasteiger partial charge in [0.15, 0.2) is 0 Å². The maximum absolute atomic E-state index is 13.2. The number of hydrogen-bond donors (Lipinski definition) is 1. The van der Waals surface area contributed by atoms with Crippen LogP contribution in [0.15, 0.2) is 36.7 Å². The molecule has 0 saturated heterocycles. The number of rotatable bonds is 5. The summed E-state index contributed by atoms with van der Waals surface area (Å²) in [5.74, 6) is 0.537. The van der Waals surface area contributed by atoms with Crippen LogP contribution in [0.3, 0.4) is 0 Å². The van der Waals surface area contributed by atoms with Crippen molar-refractivity contribution in [3.05, 3.63) is 53.6 Å². The lowest BCUT2D eigenvalue weighted by Gasteiger charge is -2.18. The van der Waals surface area contributed by atoms with Gasteiger partial charge in [-0.15, -0.1) is 0 Å². The summed E-state index contributed by atoms with van der Waals surface area (Å²) < 4.78 is 18.6. The van der Waals surface area contributed by atoms with Crippen LogP contribution in [-0.2, 0) is 0 Å². The van der Waals surface area contributed by atoms with Gasteiger partial charge in [-0.05, 0) is 56.2 Å². The molecule has 2 aromatic rings. The molecule has 0 aliphatic heterocycles. The Hall–Kier alpha value is -2.10. The second-order valence-corrected chi connectivity index (χ2v) is 4.71. The number of nitrogens with zero attached hydrogens (tertiary/aromatic N) is 1. The average molecular weight is 274 g/mol. The van der Waals surface area contributed by atoms with Crippen LogP contribution in [-0.4, -0.2) is 11.6 Å². The zero-order valence-corrected chi connectivity index (χ0v) is 12.0. The number of nitrogens with one attached hydrogen (secondary N) is 1. The first kappa shape index (κ1) is 14.3. The predicted molar refractivity (Wildman–Crippen MR) is 78.6 cm³/mol. The maximum Gasteiger partial charge on any atom is 0.141 e. The fourth-order valence-electron chi connectivity index (χ4n) is 2.04. The highest BCUT2D eigenvalue weighted by Crippen LogP contribution is 2.25. The average Bonchev–Trinajstić information content (AvgIpc) is 2.42. The van der Waals surface area contributed by atoms with Crippen molar-refractivity contribution in [1.82, 2.24) is 4.98 Å². The van der Waals surface area contributed by atoms with Gasteiger partial charge in [-0.1, -0.05) is 0 Å². The largest absolute Gasteiger partial charge is 0.494 e. The van der Waals surface area contributed by atoms with Gasteiger partial charge in [0.1, 0.15) is 11.6 Å². The van der Waals surface area contributed by atoms with Gasteiger partial charge >= 0.3 is 0 Å². The molecule has 0 aliphatic carbocycles. The van der Waals surface area contributed by atoms with E-state index in [1.54, 1.807) is 6.20 Å². The van der Waals surface area contributed by atoms with Gasteiger partial charge < -0.3 is 10.1 Å². The molecule has 1 heterocycles. The Morgan fingerprint density at radius 1 is 1.30 bits per heavy atom. The van der Waals surface area contributed by atoms with Gasteiger partial charge in [0, 0.05) is 11.9 Å². The summed E-state index contributed by atoms with van der Waals surface area (Å²) in [5.41, 5.74) is 2.91. The van der Waals surface area contributed by atoms with E-state index in [9.17, 15) is 4.39 Å². The van der Waals surface area contributed by atoms with Crippen LogP contribution in [0.4, 0.5) is 10.1 Å². The topological polar surface area (TPSA) is 34.1 Å². The van der Waals surface area contributed by atoms with Gasteiger partial charge in [0.2, 0.25) is 0 Å². The van der Waals surface area contributed by atoms with Crippen LogP contribution in [0.5, 0.6) is 5.75 Å². The number of aromatic nitrogens is 1. The van der Waals surface area contributed by atoms with Crippen molar-refractivity contribution in [1.29, 1.82) is 0 Å². The molecule has 0 fully saturated rings. The van der Waals surface area contributed by atoms with Crippen molar-refractivity contribution < 1.29 is 9.13 Å². The minimum Gasteiger partial charge on any atom is -0.494 e. The Labute approximate surface area is 118 Å². The Morgan fingerprint density at radius 2 is 2.10 bits per heavy atom. The lowest BCUT2D eigenvalue weighted by molar-refractivity contribution is 0.340. The number of ether oxygens (including phenoxy) is 1. The molecule has 20 heavy (non-hydrogen) atoms. The van der Waals surface area contributed by atoms with Gasteiger partial charge in [-0.3, -0.25) is 4.98 Å². The van der Waals surface area contributed by atoms with E-state index in [2.05, 4.69) is 10.3 Å². The predicted octanol–water partition coefficient (Wildman–Crippen LogP) is 4.10. The number of benzene rings is 1. The highest BCUT2D eigenvalue weighted by Gasteiger charge is 2.09. The molecule has 1 aromatic heterocycles. The summed E-state index contributed by atoms with van der Waals surface area (Å²) in [6.07, 6.45) is 2.88. The quantitative estimate of drug-likeness (QED) is 0.891. The van der Waals surface area contributed by atoms with Crippen molar-refractivity contribution in [3.8, 4) is 5.75 Å². The van der Waals surface area contributed by atoms with E-state index in [0.717, 1.165) is 22.6 Å². The molecule has 2 rings (SSSR count). The van der Waals surface area contributed by atoms with Crippen LogP contribution in [0.1, 0.15) is 31.0 Å². The fraction of sp³-hybridized carbons (Fsp3) is 0.312. The highest BCUT2D eigenvalue weighted by atomic mass is 19.1.